The molecule has 1 aromatic heterocycles. The van der Waals surface area contributed by atoms with Crippen LogP contribution in [0.3, 0.4) is 0 Å². The van der Waals surface area contributed by atoms with Crippen LogP contribution in [0.15, 0.2) is 46.2 Å². The molecule has 122 valence electrons. The Kier molecular flexibility index (Phi) is 6.55. The van der Waals surface area contributed by atoms with Crippen molar-refractivity contribution < 1.29 is 9.53 Å². The standard InChI is InChI=1S/C16H17ClN2O3S/c1-11-8-14(20)15(9-19-11)22-10-16(21)18-6-7-23-13-4-2-12(17)3-5-13/h2-5,8-9H,6-7,10H2,1H3,(H,18,21)(H,19,20). The third-order valence-corrected chi connectivity index (χ3v) is 4.15. The molecule has 0 aliphatic rings. The zero-order chi connectivity index (χ0) is 16.7. The molecule has 5 nitrogen and oxygen atoms in total. The van der Waals surface area contributed by atoms with Crippen LogP contribution < -0.4 is 15.5 Å². The number of carbonyl (C=O) groups excluding carboxylic acids is 1. The molecular weight excluding hydrogens is 336 g/mol. The van der Waals surface area contributed by atoms with Crippen molar-refractivity contribution in [2.75, 3.05) is 18.9 Å². The maximum Gasteiger partial charge on any atom is 0.257 e. The van der Waals surface area contributed by atoms with E-state index in [1.165, 1.54) is 12.3 Å². The second kappa shape index (κ2) is 8.64. The normalized spacial score (nSPS) is 10.3. The number of pyridine rings is 1. The van der Waals surface area contributed by atoms with Gasteiger partial charge in [-0.3, -0.25) is 9.59 Å². The Labute approximate surface area is 143 Å². The molecule has 0 saturated carbocycles. The minimum absolute atomic E-state index is 0.140. The van der Waals surface area contributed by atoms with E-state index in [9.17, 15) is 9.59 Å². The van der Waals surface area contributed by atoms with E-state index >= 15 is 0 Å². The van der Waals surface area contributed by atoms with Crippen molar-refractivity contribution in [3.63, 3.8) is 0 Å². The fraction of sp³-hybridized carbons (Fsp3) is 0.250. The van der Waals surface area contributed by atoms with Crippen LogP contribution in [-0.4, -0.2) is 29.8 Å². The quantitative estimate of drug-likeness (QED) is 0.593. The smallest absolute Gasteiger partial charge is 0.257 e. The van der Waals surface area contributed by atoms with Gasteiger partial charge in [-0.05, 0) is 31.2 Å². The molecule has 0 saturated heterocycles. The number of aryl methyl sites for hydroxylation is 1. The van der Waals surface area contributed by atoms with Gasteiger partial charge in [-0.25, -0.2) is 0 Å². The number of hydrogen-bond donors (Lipinski definition) is 2. The summed E-state index contributed by atoms with van der Waals surface area (Å²) in [6, 6.07) is 8.95. The van der Waals surface area contributed by atoms with E-state index in [-0.39, 0.29) is 23.7 Å². The first-order chi connectivity index (χ1) is 11.0. The van der Waals surface area contributed by atoms with Crippen molar-refractivity contribution in [1.82, 2.24) is 10.3 Å². The Morgan fingerprint density at radius 2 is 2.09 bits per heavy atom. The van der Waals surface area contributed by atoms with Gasteiger partial charge >= 0.3 is 0 Å². The molecule has 1 amide bonds. The summed E-state index contributed by atoms with van der Waals surface area (Å²) in [6.45, 7) is 2.10. The lowest BCUT2D eigenvalue weighted by Gasteiger charge is -2.07. The average Bonchev–Trinajstić information content (AvgIpc) is 2.52. The second-order valence-electron chi connectivity index (χ2n) is 4.79. The number of halogens is 1. The number of ether oxygens (including phenoxy) is 1. The topological polar surface area (TPSA) is 71.2 Å². The highest BCUT2D eigenvalue weighted by Gasteiger charge is 2.05. The van der Waals surface area contributed by atoms with Crippen molar-refractivity contribution in [1.29, 1.82) is 0 Å². The highest BCUT2D eigenvalue weighted by molar-refractivity contribution is 7.99. The molecule has 2 aromatic rings. The van der Waals surface area contributed by atoms with Crippen LogP contribution in [0.4, 0.5) is 0 Å². The SMILES string of the molecule is Cc1cc(=O)c(OCC(=O)NCCSc2ccc(Cl)cc2)c[nH]1. The predicted octanol–water partition coefficient (Wildman–Crippen LogP) is 2.62. The Morgan fingerprint density at radius 3 is 2.78 bits per heavy atom. The molecule has 0 aliphatic heterocycles. The van der Waals surface area contributed by atoms with Crippen LogP contribution in [0.5, 0.6) is 5.75 Å². The Morgan fingerprint density at radius 1 is 1.35 bits per heavy atom. The molecule has 0 unspecified atom stereocenters. The highest BCUT2D eigenvalue weighted by atomic mass is 35.5. The van der Waals surface area contributed by atoms with Crippen molar-refractivity contribution in [2.24, 2.45) is 0 Å². The van der Waals surface area contributed by atoms with Crippen LogP contribution in [0.25, 0.3) is 0 Å². The number of amides is 1. The van der Waals surface area contributed by atoms with E-state index in [1.54, 1.807) is 18.7 Å². The van der Waals surface area contributed by atoms with Crippen molar-refractivity contribution in [2.45, 2.75) is 11.8 Å². The molecule has 0 bridgehead atoms. The summed E-state index contributed by atoms with van der Waals surface area (Å²) in [5.74, 6) is 0.612. The van der Waals surface area contributed by atoms with Gasteiger partial charge in [-0.15, -0.1) is 11.8 Å². The minimum Gasteiger partial charge on any atom is -0.478 e. The molecule has 1 heterocycles. The molecule has 0 fully saturated rings. The van der Waals surface area contributed by atoms with Gasteiger partial charge in [0.15, 0.2) is 12.4 Å². The molecular formula is C16H17ClN2O3S. The van der Waals surface area contributed by atoms with Crippen molar-refractivity contribution >= 4 is 29.3 Å². The van der Waals surface area contributed by atoms with Crippen molar-refractivity contribution in [3.8, 4) is 5.75 Å². The summed E-state index contributed by atoms with van der Waals surface area (Å²) in [7, 11) is 0. The van der Waals surface area contributed by atoms with E-state index < -0.39 is 0 Å². The number of hydrogen-bond acceptors (Lipinski definition) is 4. The van der Waals surface area contributed by atoms with Crippen LogP contribution in [-0.2, 0) is 4.79 Å². The van der Waals surface area contributed by atoms with Gasteiger partial charge in [0.25, 0.3) is 5.91 Å². The van der Waals surface area contributed by atoms with E-state index in [4.69, 9.17) is 16.3 Å². The lowest BCUT2D eigenvalue weighted by atomic mass is 10.3. The summed E-state index contributed by atoms with van der Waals surface area (Å²) in [6.07, 6.45) is 1.46. The number of H-pyrrole nitrogens is 1. The van der Waals surface area contributed by atoms with E-state index in [0.717, 1.165) is 16.3 Å². The second-order valence-corrected chi connectivity index (χ2v) is 6.39. The third kappa shape index (κ3) is 6.00. The van der Waals surface area contributed by atoms with Gasteiger partial charge in [0.05, 0.1) is 0 Å². The number of thioether (sulfide) groups is 1. The Hall–Kier alpha value is -1.92. The molecule has 0 aliphatic carbocycles. The summed E-state index contributed by atoms with van der Waals surface area (Å²) < 4.78 is 5.20. The average molecular weight is 353 g/mol. The summed E-state index contributed by atoms with van der Waals surface area (Å²) in [5.41, 5.74) is 0.498. The number of aromatic amines is 1. The molecule has 23 heavy (non-hydrogen) atoms. The largest absolute Gasteiger partial charge is 0.478 e. The first kappa shape index (κ1) is 17.4. The molecule has 1 aromatic carbocycles. The van der Waals surface area contributed by atoms with Crippen molar-refractivity contribution in [3.05, 3.63) is 57.5 Å². The third-order valence-electron chi connectivity index (χ3n) is 2.89. The van der Waals surface area contributed by atoms with Gasteiger partial charge in [0.1, 0.15) is 0 Å². The number of carbonyl (C=O) groups is 1. The Bertz CT molecular complexity index is 716. The zero-order valence-corrected chi connectivity index (χ0v) is 14.2. The first-order valence-electron chi connectivity index (χ1n) is 7.02. The van der Waals surface area contributed by atoms with E-state index in [1.807, 2.05) is 24.3 Å². The molecule has 0 spiro atoms. The van der Waals surface area contributed by atoms with Gasteiger partial charge in [-0.1, -0.05) is 11.6 Å². The van der Waals surface area contributed by atoms with E-state index in [2.05, 4.69) is 10.3 Å². The maximum absolute atomic E-state index is 11.7. The lowest BCUT2D eigenvalue weighted by molar-refractivity contribution is -0.122. The fourth-order valence-electron chi connectivity index (χ4n) is 1.76. The number of rotatable bonds is 7. The van der Waals surface area contributed by atoms with Crippen LogP contribution in [0.2, 0.25) is 5.02 Å². The number of benzene rings is 1. The molecule has 2 N–H and O–H groups in total. The lowest BCUT2D eigenvalue weighted by Crippen LogP contribution is -2.31. The van der Waals surface area contributed by atoms with Crippen LogP contribution in [0.1, 0.15) is 5.69 Å². The van der Waals surface area contributed by atoms with Gasteiger partial charge in [0, 0.05) is 40.2 Å². The Balaban J connectivity index is 1.67. The first-order valence-corrected chi connectivity index (χ1v) is 8.38. The molecule has 2 rings (SSSR count). The number of aromatic nitrogens is 1. The minimum atomic E-state index is -0.262. The zero-order valence-electron chi connectivity index (χ0n) is 12.6. The van der Waals surface area contributed by atoms with Gasteiger partial charge in [0.2, 0.25) is 5.43 Å². The summed E-state index contributed by atoms with van der Waals surface area (Å²) in [4.78, 5) is 27.2. The highest BCUT2D eigenvalue weighted by Crippen LogP contribution is 2.19. The number of nitrogens with one attached hydrogen (secondary N) is 2. The van der Waals surface area contributed by atoms with Crippen LogP contribution in [0, 0.1) is 6.92 Å². The molecule has 0 atom stereocenters. The van der Waals surface area contributed by atoms with Gasteiger partial charge < -0.3 is 15.0 Å². The van der Waals surface area contributed by atoms with E-state index in [0.29, 0.717) is 11.6 Å². The monoisotopic (exact) mass is 352 g/mol. The summed E-state index contributed by atoms with van der Waals surface area (Å²) >= 11 is 7.44. The fourth-order valence-corrected chi connectivity index (χ4v) is 2.65. The maximum atomic E-state index is 11.7. The molecule has 7 heteroatoms. The van der Waals surface area contributed by atoms with Crippen LogP contribution >= 0.6 is 23.4 Å². The van der Waals surface area contributed by atoms with Gasteiger partial charge in [-0.2, -0.15) is 0 Å². The molecule has 0 radical (unpaired) electrons. The summed E-state index contributed by atoms with van der Waals surface area (Å²) in [5, 5.41) is 3.44. The predicted molar refractivity (Wildman–Crippen MR) is 92.5 cm³/mol.